The number of amides is 1. The van der Waals surface area contributed by atoms with Gasteiger partial charge in [-0.25, -0.2) is 0 Å². The van der Waals surface area contributed by atoms with Crippen LogP contribution in [-0.2, 0) is 16.6 Å². The topological polar surface area (TPSA) is 53.2 Å². The molecule has 1 aliphatic heterocycles. The largest absolute Gasteiger partial charge is 0.352 e. The maximum absolute atomic E-state index is 13.3. The van der Waals surface area contributed by atoms with Crippen LogP contribution in [0.4, 0.5) is 5.69 Å². The minimum absolute atomic E-state index is 0.123. The van der Waals surface area contributed by atoms with E-state index in [1.807, 2.05) is 4.90 Å². The molecule has 0 radical (unpaired) electrons. The smallest absolute Gasteiger partial charge is 0.237 e. The van der Waals surface area contributed by atoms with Gasteiger partial charge in [0.05, 0.1) is 11.1 Å². The molecule has 1 amide bonds. The summed E-state index contributed by atoms with van der Waals surface area (Å²) in [4.78, 5) is 31.2. The van der Waals surface area contributed by atoms with Gasteiger partial charge in [0.15, 0.2) is 5.78 Å². The fourth-order valence-electron chi connectivity index (χ4n) is 4.98. The van der Waals surface area contributed by atoms with Crippen LogP contribution in [0, 0.1) is 0 Å². The molecule has 138 valence electrons. The number of nitrogens with zero attached hydrogens (tertiary/aromatic N) is 1. The zero-order valence-electron chi connectivity index (χ0n) is 16.2. The van der Waals surface area contributed by atoms with Crippen molar-refractivity contribution in [3.05, 3.63) is 29.0 Å². The summed E-state index contributed by atoms with van der Waals surface area (Å²) < 4.78 is 0. The lowest BCUT2D eigenvalue weighted by molar-refractivity contribution is -0.123. The van der Waals surface area contributed by atoms with Crippen molar-refractivity contribution in [2.45, 2.75) is 77.7 Å². The zero-order valence-corrected chi connectivity index (χ0v) is 16.2. The summed E-state index contributed by atoms with van der Waals surface area (Å²) in [6.07, 6.45) is 5.15. The lowest BCUT2D eigenvalue weighted by Crippen LogP contribution is -2.42. The van der Waals surface area contributed by atoms with Gasteiger partial charge in [-0.1, -0.05) is 13.8 Å². The molecule has 2 aliphatic rings. The number of aromatic nitrogens is 1. The van der Waals surface area contributed by atoms with Crippen LogP contribution in [0.15, 0.2) is 12.1 Å². The number of aryl methyl sites for hydroxylation is 1. The van der Waals surface area contributed by atoms with E-state index in [0.29, 0.717) is 6.42 Å². The van der Waals surface area contributed by atoms with E-state index in [1.54, 1.807) is 0 Å². The van der Waals surface area contributed by atoms with E-state index in [-0.39, 0.29) is 17.7 Å². The summed E-state index contributed by atoms with van der Waals surface area (Å²) in [5.74, 6) is 0.449. The first-order valence-electron chi connectivity index (χ1n) is 10.0. The molecule has 0 saturated carbocycles. The van der Waals surface area contributed by atoms with Crippen LogP contribution in [0.1, 0.15) is 81.4 Å². The second kappa shape index (κ2) is 5.97. The van der Waals surface area contributed by atoms with E-state index in [0.717, 1.165) is 65.5 Å². The number of hydrogen-bond donors (Lipinski definition) is 1. The molecule has 0 atom stereocenters. The number of aromatic amines is 1. The lowest BCUT2D eigenvalue weighted by Gasteiger charge is -2.27. The highest BCUT2D eigenvalue weighted by Crippen LogP contribution is 2.49. The van der Waals surface area contributed by atoms with E-state index >= 15 is 0 Å². The third-order valence-corrected chi connectivity index (χ3v) is 6.51. The molecule has 4 nitrogen and oxygen atoms in total. The Labute approximate surface area is 155 Å². The Morgan fingerprint density at radius 1 is 1.12 bits per heavy atom. The van der Waals surface area contributed by atoms with Crippen LogP contribution in [0.2, 0.25) is 0 Å². The maximum atomic E-state index is 13.3. The fourth-order valence-corrected chi connectivity index (χ4v) is 4.98. The monoisotopic (exact) mass is 352 g/mol. The molecule has 0 spiro atoms. The van der Waals surface area contributed by atoms with Gasteiger partial charge in [-0.05, 0) is 69.2 Å². The van der Waals surface area contributed by atoms with Crippen LogP contribution < -0.4 is 4.90 Å². The molecule has 2 aromatic rings. The molecule has 26 heavy (non-hydrogen) atoms. The first kappa shape index (κ1) is 17.3. The van der Waals surface area contributed by atoms with E-state index in [9.17, 15) is 9.59 Å². The van der Waals surface area contributed by atoms with Crippen molar-refractivity contribution in [2.75, 3.05) is 4.90 Å². The minimum Gasteiger partial charge on any atom is -0.352 e. The molecule has 1 aromatic carbocycles. The standard InChI is InChI=1S/C22H28N2O2/c1-5-22(6-2)16-12-17-15(11-18(16)24(13(3)4)21(22)26)14-9-7-8-10-19(25)20(14)23-17/h11-13,23H,5-10H2,1-4H3. The van der Waals surface area contributed by atoms with Gasteiger partial charge >= 0.3 is 0 Å². The van der Waals surface area contributed by atoms with E-state index < -0.39 is 5.41 Å². The Kier molecular flexibility index (Phi) is 3.98. The van der Waals surface area contributed by atoms with Crippen LogP contribution in [0.3, 0.4) is 0 Å². The van der Waals surface area contributed by atoms with Gasteiger partial charge in [-0.3, -0.25) is 9.59 Å². The Morgan fingerprint density at radius 3 is 2.46 bits per heavy atom. The number of carbonyl (C=O) groups excluding carboxylic acids is 2. The van der Waals surface area contributed by atoms with Gasteiger partial charge in [-0.15, -0.1) is 0 Å². The normalized spacial score (nSPS) is 19.2. The zero-order chi connectivity index (χ0) is 18.6. The average molecular weight is 352 g/mol. The number of benzene rings is 1. The molecule has 0 unspecified atom stereocenters. The van der Waals surface area contributed by atoms with E-state index in [1.165, 1.54) is 0 Å². The summed E-state index contributed by atoms with van der Waals surface area (Å²) in [6.45, 7) is 8.36. The summed E-state index contributed by atoms with van der Waals surface area (Å²) in [7, 11) is 0. The molecule has 4 heteroatoms. The van der Waals surface area contributed by atoms with Gasteiger partial charge in [0.25, 0.3) is 0 Å². The SMILES string of the molecule is CCC1(CC)C(=O)N(C(C)C)c2cc3c4c([nH]c3cc21)C(=O)CCCC4. The fraction of sp³-hybridized carbons (Fsp3) is 0.545. The van der Waals surface area contributed by atoms with E-state index in [2.05, 4.69) is 44.8 Å². The third kappa shape index (κ3) is 2.14. The summed E-state index contributed by atoms with van der Waals surface area (Å²) in [5, 5.41) is 1.12. The number of anilines is 1. The third-order valence-electron chi connectivity index (χ3n) is 6.51. The van der Waals surface area contributed by atoms with Crippen molar-refractivity contribution in [2.24, 2.45) is 0 Å². The second-order valence-corrected chi connectivity index (χ2v) is 8.08. The molecule has 1 aromatic heterocycles. The summed E-state index contributed by atoms with van der Waals surface area (Å²) in [5.41, 5.74) is 4.67. The van der Waals surface area contributed by atoms with Gasteiger partial charge in [-0.2, -0.15) is 0 Å². The quantitative estimate of drug-likeness (QED) is 0.800. The lowest BCUT2D eigenvalue weighted by atomic mass is 9.76. The number of fused-ring (bicyclic) bond motifs is 4. The predicted molar refractivity (Wildman–Crippen MR) is 105 cm³/mol. The highest BCUT2D eigenvalue weighted by molar-refractivity contribution is 6.12. The Hall–Kier alpha value is -2.10. The van der Waals surface area contributed by atoms with Crippen molar-refractivity contribution < 1.29 is 9.59 Å². The number of rotatable bonds is 3. The number of ketones is 1. The molecule has 4 rings (SSSR count). The highest BCUT2D eigenvalue weighted by Gasteiger charge is 2.49. The molecule has 2 heterocycles. The minimum atomic E-state index is -0.444. The van der Waals surface area contributed by atoms with Crippen LogP contribution in [0.5, 0.6) is 0 Å². The number of carbonyl (C=O) groups is 2. The van der Waals surface area contributed by atoms with Crippen molar-refractivity contribution in [1.82, 2.24) is 4.98 Å². The first-order chi connectivity index (χ1) is 12.4. The number of nitrogens with one attached hydrogen (secondary N) is 1. The van der Waals surface area contributed by atoms with Crippen molar-refractivity contribution >= 4 is 28.3 Å². The van der Waals surface area contributed by atoms with Gasteiger partial charge in [0, 0.05) is 29.1 Å². The summed E-state index contributed by atoms with van der Waals surface area (Å²) >= 11 is 0. The predicted octanol–water partition coefficient (Wildman–Crippen LogP) is 4.89. The molecule has 1 aliphatic carbocycles. The van der Waals surface area contributed by atoms with Gasteiger partial charge in [0.1, 0.15) is 0 Å². The Balaban J connectivity index is 2.01. The Morgan fingerprint density at radius 2 is 1.81 bits per heavy atom. The molecule has 0 saturated heterocycles. The average Bonchev–Trinajstić information content (AvgIpc) is 3.01. The molecular formula is C22H28N2O2. The van der Waals surface area contributed by atoms with Crippen LogP contribution in [-0.4, -0.2) is 22.7 Å². The Bertz CT molecular complexity index is 902. The molecule has 0 bridgehead atoms. The van der Waals surface area contributed by atoms with Gasteiger partial charge in [0.2, 0.25) is 5.91 Å². The summed E-state index contributed by atoms with van der Waals surface area (Å²) in [6, 6.07) is 4.45. The number of hydrogen-bond acceptors (Lipinski definition) is 2. The van der Waals surface area contributed by atoms with Gasteiger partial charge < -0.3 is 9.88 Å². The van der Waals surface area contributed by atoms with Crippen molar-refractivity contribution in [3.8, 4) is 0 Å². The molecule has 0 fully saturated rings. The maximum Gasteiger partial charge on any atom is 0.237 e. The number of Topliss-reactive ketones (excluding diaryl/α,β-unsaturated/α-hetero) is 1. The van der Waals surface area contributed by atoms with Crippen molar-refractivity contribution in [3.63, 3.8) is 0 Å². The van der Waals surface area contributed by atoms with E-state index in [4.69, 9.17) is 0 Å². The van der Waals surface area contributed by atoms with Crippen molar-refractivity contribution in [1.29, 1.82) is 0 Å². The molecule has 1 N–H and O–H groups in total. The second-order valence-electron chi connectivity index (χ2n) is 8.08. The number of H-pyrrole nitrogens is 1. The highest BCUT2D eigenvalue weighted by atomic mass is 16.2. The first-order valence-corrected chi connectivity index (χ1v) is 10.0. The van der Waals surface area contributed by atoms with Crippen LogP contribution in [0.25, 0.3) is 10.9 Å². The molecular weight excluding hydrogens is 324 g/mol. The van der Waals surface area contributed by atoms with Crippen LogP contribution >= 0.6 is 0 Å².